The zero-order chi connectivity index (χ0) is 16.8. The number of carboxylic acid groups (broad SMARTS) is 1. The van der Waals surface area contributed by atoms with E-state index in [1.165, 1.54) is 44.2 Å². The number of hydrogen-bond acceptors (Lipinski definition) is 2. The third-order valence-corrected chi connectivity index (χ3v) is 4.52. The van der Waals surface area contributed by atoms with Gasteiger partial charge in [0.25, 0.3) is 0 Å². The van der Waals surface area contributed by atoms with Crippen LogP contribution in [0, 0.1) is 11.8 Å². The molecule has 0 aliphatic heterocycles. The van der Waals surface area contributed by atoms with Gasteiger partial charge in [0.15, 0.2) is 0 Å². The van der Waals surface area contributed by atoms with Crippen molar-refractivity contribution < 1.29 is 9.90 Å². The molecule has 2 unspecified atom stereocenters. The number of carbonyl (C=O) groups is 1. The summed E-state index contributed by atoms with van der Waals surface area (Å²) in [6.07, 6.45) is 11.2. The Bertz CT molecular complexity index is 313. The van der Waals surface area contributed by atoms with Crippen LogP contribution < -0.4 is 0 Å². The van der Waals surface area contributed by atoms with E-state index in [9.17, 15) is 9.90 Å². The molecule has 0 aromatic carbocycles. The predicted molar refractivity (Wildman–Crippen MR) is 95.8 cm³/mol. The van der Waals surface area contributed by atoms with E-state index in [2.05, 4.69) is 25.8 Å². The van der Waals surface area contributed by atoms with Crippen molar-refractivity contribution in [2.75, 3.05) is 6.54 Å². The molecule has 0 amide bonds. The fourth-order valence-electron chi connectivity index (χ4n) is 2.70. The molecule has 0 saturated carbocycles. The summed E-state index contributed by atoms with van der Waals surface area (Å²) in [5, 5.41) is 9.19. The van der Waals surface area contributed by atoms with E-state index in [4.69, 9.17) is 0 Å². The molecular weight excluding hydrogens is 274 g/mol. The van der Waals surface area contributed by atoms with Gasteiger partial charge in [-0.3, -0.25) is 9.79 Å². The predicted octanol–water partition coefficient (Wildman–Crippen LogP) is 5.73. The Kier molecular flexibility index (Phi) is 13.2. The van der Waals surface area contributed by atoms with Gasteiger partial charge in [0.1, 0.15) is 0 Å². The van der Waals surface area contributed by atoms with Gasteiger partial charge in [-0.25, -0.2) is 0 Å². The third-order valence-electron chi connectivity index (χ3n) is 4.52. The van der Waals surface area contributed by atoms with Gasteiger partial charge in [-0.2, -0.15) is 0 Å². The first-order valence-corrected chi connectivity index (χ1v) is 9.26. The fourth-order valence-corrected chi connectivity index (χ4v) is 2.70. The third kappa shape index (κ3) is 10.8. The molecule has 1 N–H and O–H groups in total. The molecule has 0 aromatic heterocycles. The highest BCUT2D eigenvalue weighted by Crippen LogP contribution is 2.18. The van der Waals surface area contributed by atoms with Gasteiger partial charge in [-0.15, -0.1) is 0 Å². The Morgan fingerprint density at radius 3 is 2.18 bits per heavy atom. The molecule has 0 aliphatic carbocycles. The summed E-state index contributed by atoms with van der Waals surface area (Å²) in [4.78, 5) is 15.8. The van der Waals surface area contributed by atoms with Crippen LogP contribution in [0.5, 0.6) is 0 Å². The molecule has 3 heteroatoms. The summed E-state index contributed by atoms with van der Waals surface area (Å²) in [5.74, 6) is -0.423. The number of rotatable bonds is 14. The van der Waals surface area contributed by atoms with Crippen LogP contribution in [0.15, 0.2) is 4.99 Å². The summed E-state index contributed by atoms with van der Waals surface area (Å²) in [6.45, 7) is 9.49. The maximum absolute atomic E-state index is 11.2. The molecule has 0 bridgehead atoms. The number of aliphatic carboxylic acids is 1. The molecule has 0 rings (SSSR count). The average Bonchev–Trinajstić information content (AvgIpc) is 2.49. The second kappa shape index (κ2) is 13.8. The van der Waals surface area contributed by atoms with Crippen molar-refractivity contribution in [2.45, 2.75) is 91.9 Å². The number of hydrogen-bond donors (Lipinski definition) is 1. The number of carboxylic acids is 1. The molecule has 0 spiro atoms. The summed E-state index contributed by atoms with van der Waals surface area (Å²) >= 11 is 0. The van der Waals surface area contributed by atoms with E-state index >= 15 is 0 Å². The number of aliphatic imine (C=N–C) groups is 1. The monoisotopic (exact) mass is 311 g/mol. The molecule has 0 fully saturated rings. The minimum atomic E-state index is -0.643. The first kappa shape index (κ1) is 21.1. The lowest BCUT2D eigenvalue weighted by atomic mass is 9.91. The molecule has 0 heterocycles. The second-order valence-corrected chi connectivity index (χ2v) is 6.59. The normalized spacial score (nSPS) is 14.8. The molecular formula is C19H37NO2. The maximum Gasteiger partial charge on any atom is 0.306 e. The van der Waals surface area contributed by atoms with Gasteiger partial charge in [0, 0.05) is 12.3 Å². The standard InChI is InChI=1S/C19H37NO2/c1-5-7-8-9-10-11-15-20-17(4)16(3)13-14-18(12-6-2)19(21)22/h16,18H,5-15H2,1-4H3,(H,21,22). The molecule has 130 valence electrons. The van der Waals surface area contributed by atoms with Crippen LogP contribution in [-0.4, -0.2) is 23.3 Å². The van der Waals surface area contributed by atoms with Gasteiger partial charge in [-0.05, 0) is 38.5 Å². The smallest absolute Gasteiger partial charge is 0.306 e. The second-order valence-electron chi connectivity index (χ2n) is 6.59. The van der Waals surface area contributed by atoms with Crippen LogP contribution in [0.1, 0.15) is 91.9 Å². The van der Waals surface area contributed by atoms with E-state index in [0.29, 0.717) is 5.92 Å². The first-order chi connectivity index (χ1) is 10.5. The molecule has 0 aromatic rings. The van der Waals surface area contributed by atoms with E-state index in [1.807, 2.05) is 6.92 Å². The first-order valence-electron chi connectivity index (χ1n) is 9.26. The van der Waals surface area contributed by atoms with Crippen molar-refractivity contribution in [1.29, 1.82) is 0 Å². The van der Waals surface area contributed by atoms with E-state index in [-0.39, 0.29) is 5.92 Å². The van der Waals surface area contributed by atoms with Crippen molar-refractivity contribution in [3.63, 3.8) is 0 Å². The lowest BCUT2D eigenvalue weighted by molar-refractivity contribution is -0.142. The Morgan fingerprint density at radius 1 is 0.955 bits per heavy atom. The van der Waals surface area contributed by atoms with Crippen LogP contribution in [0.25, 0.3) is 0 Å². The highest BCUT2D eigenvalue weighted by atomic mass is 16.4. The minimum Gasteiger partial charge on any atom is -0.481 e. The topological polar surface area (TPSA) is 49.7 Å². The zero-order valence-electron chi connectivity index (χ0n) is 15.2. The van der Waals surface area contributed by atoms with Gasteiger partial charge >= 0.3 is 5.97 Å². The molecule has 0 saturated heterocycles. The van der Waals surface area contributed by atoms with Crippen LogP contribution in [-0.2, 0) is 4.79 Å². The quantitative estimate of drug-likeness (QED) is 0.329. The summed E-state index contributed by atoms with van der Waals surface area (Å²) in [7, 11) is 0. The highest BCUT2D eigenvalue weighted by Gasteiger charge is 2.18. The van der Waals surface area contributed by atoms with Crippen LogP contribution in [0.3, 0.4) is 0 Å². The summed E-state index contributed by atoms with van der Waals surface area (Å²) < 4.78 is 0. The van der Waals surface area contributed by atoms with E-state index in [0.717, 1.165) is 32.2 Å². The van der Waals surface area contributed by atoms with E-state index in [1.54, 1.807) is 0 Å². The van der Waals surface area contributed by atoms with Gasteiger partial charge in [0.05, 0.1) is 5.92 Å². The summed E-state index contributed by atoms with van der Waals surface area (Å²) in [6, 6.07) is 0. The molecule has 3 nitrogen and oxygen atoms in total. The lowest BCUT2D eigenvalue weighted by Crippen LogP contribution is -2.16. The van der Waals surface area contributed by atoms with Crippen molar-refractivity contribution in [3.05, 3.63) is 0 Å². The molecule has 2 atom stereocenters. The van der Waals surface area contributed by atoms with Crippen molar-refractivity contribution >= 4 is 11.7 Å². The lowest BCUT2D eigenvalue weighted by Gasteiger charge is -2.15. The van der Waals surface area contributed by atoms with Crippen molar-refractivity contribution in [1.82, 2.24) is 0 Å². The van der Waals surface area contributed by atoms with Crippen LogP contribution >= 0.6 is 0 Å². The van der Waals surface area contributed by atoms with Crippen molar-refractivity contribution in [2.24, 2.45) is 16.8 Å². The van der Waals surface area contributed by atoms with Gasteiger partial charge in [-0.1, -0.05) is 59.3 Å². The summed E-state index contributed by atoms with van der Waals surface area (Å²) in [5.41, 5.74) is 1.19. The Morgan fingerprint density at radius 2 is 1.59 bits per heavy atom. The SMILES string of the molecule is CCCCCCCCN=C(C)C(C)CCC(CCC)C(=O)O. The van der Waals surface area contributed by atoms with E-state index < -0.39 is 5.97 Å². The fraction of sp³-hybridized carbons (Fsp3) is 0.895. The van der Waals surface area contributed by atoms with Gasteiger partial charge in [0.2, 0.25) is 0 Å². The highest BCUT2D eigenvalue weighted by molar-refractivity contribution is 5.84. The number of nitrogens with zero attached hydrogens (tertiary/aromatic N) is 1. The Balaban J connectivity index is 3.91. The zero-order valence-corrected chi connectivity index (χ0v) is 15.2. The van der Waals surface area contributed by atoms with Crippen LogP contribution in [0.2, 0.25) is 0 Å². The Labute approximate surface area is 137 Å². The molecule has 0 aliphatic rings. The van der Waals surface area contributed by atoms with Crippen LogP contribution in [0.4, 0.5) is 0 Å². The van der Waals surface area contributed by atoms with Gasteiger partial charge < -0.3 is 5.11 Å². The number of unbranched alkanes of at least 4 members (excludes halogenated alkanes) is 5. The maximum atomic E-state index is 11.2. The minimum absolute atomic E-state index is 0.182. The van der Waals surface area contributed by atoms with Crippen molar-refractivity contribution in [3.8, 4) is 0 Å². The molecule has 0 radical (unpaired) electrons. The molecule has 22 heavy (non-hydrogen) atoms. The average molecular weight is 312 g/mol. The Hall–Kier alpha value is -0.860. The largest absolute Gasteiger partial charge is 0.481 e.